The maximum Gasteiger partial charge on any atom is 0.0351 e. The highest BCUT2D eigenvalue weighted by Crippen LogP contribution is 1.92. The summed E-state index contributed by atoms with van der Waals surface area (Å²) >= 11 is 0. The molecular weight excluding hydrogens is 224 g/mol. The summed E-state index contributed by atoms with van der Waals surface area (Å²) in [5.74, 6) is 0. The highest BCUT2D eigenvalue weighted by atomic mass is 14.9. The molecule has 5 N–H and O–H groups in total. The van der Waals surface area contributed by atoms with Gasteiger partial charge in [0, 0.05) is 31.0 Å². The number of nitrogens with one attached hydrogen (secondary N) is 3. The third-order valence-electron chi connectivity index (χ3n) is 1.75. The molecule has 0 aromatic heterocycles. The van der Waals surface area contributed by atoms with Crippen LogP contribution in [0.1, 0.15) is 20.8 Å². The Balaban J connectivity index is 0. The molecule has 0 radical (unpaired) electrons. The maximum absolute atomic E-state index is 6.86. The summed E-state index contributed by atoms with van der Waals surface area (Å²) in [5, 5.41) is 13.2. The van der Waals surface area contributed by atoms with Crippen LogP contribution >= 0.6 is 0 Å². The molecule has 18 heavy (non-hydrogen) atoms. The third kappa shape index (κ3) is 14.6. The maximum atomic E-state index is 6.86. The molecule has 1 rings (SSSR count). The van der Waals surface area contributed by atoms with Crippen LogP contribution in [-0.2, 0) is 0 Å². The number of allylic oxidation sites excluding steroid dienone is 3. The minimum Gasteiger partial charge on any atom is -0.384 e. The van der Waals surface area contributed by atoms with Gasteiger partial charge in [-0.2, -0.15) is 0 Å². The minimum absolute atomic E-state index is 0.524. The van der Waals surface area contributed by atoms with Crippen LogP contribution in [0.2, 0.25) is 0 Å². The zero-order chi connectivity index (χ0) is 14.2. The van der Waals surface area contributed by atoms with E-state index in [1.54, 1.807) is 19.1 Å². The van der Waals surface area contributed by atoms with Gasteiger partial charge in [0.1, 0.15) is 0 Å². The monoisotopic (exact) mass is 252 g/mol. The molecule has 1 aliphatic heterocycles. The van der Waals surface area contributed by atoms with Crippen molar-refractivity contribution in [3.05, 3.63) is 36.1 Å². The fourth-order valence-electron chi connectivity index (χ4n) is 1.06. The van der Waals surface area contributed by atoms with Crippen molar-refractivity contribution in [3.8, 4) is 0 Å². The molecule has 0 aromatic carbocycles. The topological polar surface area (TPSA) is 73.9 Å². The van der Waals surface area contributed by atoms with E-state index < -0.39 is 0 Å². The highest BCUT2D eigenvalue weighted by molar-refractivity contribution is 5.89. The number of hydrogen-bond donors (Lipinski definition) is 4. The predicted octanol–water partition coefficient (Wildman–Crippen LogP) is 1.82. The van der Waals surface area contributed by atoms with Crippen LogP contribution in [0.15, 0.2) is 36.1 Å². The molecule has 4 heteroatoms. The van der Waals surface area contributed by atoms with Gasteiger partial charge in [0.25, 0.3) is 0 Å². The second kappa shape index (κ2) is 15.6. The Morgan fingerprint density at radius 2 is 2.22 bits per heavy atom. The van der Waals surface area contributed by atoms with E-state index >= 15 is 0 Å². The Hall–Kier alpha value is -1.39. The molecule has 0 fully saturated rings. The highest BCUT2D eigenvalue weighted by Gasteiger charge is 1.93. The van der Waals surface area contributed by atoms with E-state index in [0.29, 0.717) is 12.3 Å². The SMILES string of the molecule is CC.CC(=N)/C=C\CN.CNCC1=CC=CCN1. The van der Waals surface area contributed by atoms with Gasteiger partial charge < -0.3 is 21.8 Å². The Morgan fingerprint density at radius 1 is 1.56 bits per heavy atom. The standard InChI is InChI=1S/C7H12N2.C5H10N2.C2H6/c1-8-6-7-4-2-3-5-9-7;1-5(7)3-2-4-6;1-2/h2-4,8-9H,5-6H2,1H3;2-3,7H,4,6H2,1H3;1-2H3/b;3-2-,7-5?;. The zero-order valence-electron chi connectivity index (χ0n) is 12.1. The number of dihydropyridines is 1. The molecule has 0 saturated carbocycles. The minimum atomic E-state index is 0.524. The van der Waals surface area contributed by atoms with E-state index in [9.17, 15) is 0 Å². The first-order valence-electron chi connectivity index (χ1n) is 6.36. The van der Waals surface area contributed by atoms with Crippen LogP contribution in [-0.4, -0.2) is 32.4 Å². The van der Waals surface area contributed by atoms with Gasteiger partial charge in [-0.3, -0.25) is 0 Å². The molecule has 4 nitrogen and oxygen atoms in total. The Morgan fingerprint density at radius 3 is 2.56 bits per heavy atom. The summed E-state index contributed by atoms with van der Waals surface area (Å²) in [4.78, 5) is 0. The van der Waals surface area contributed by atoms with Gasteiger partial charge in [0.2, 0.25) is 0 Å². The second-order valence-electron chi connectivity index (χ2n) is 3.35. The third-order valence-corrected chi connectivity index (χ3v) is 1.75. The van der Waals surface area contributed by atoms with Gasteiger partial charge in [0.15, 0.2) is 0 Å². The van der Waals surface area contributed by atoms with Gasteiger partial charge in [-0.1, -0.05) is 32.1 Å². The largest absolute Gasteiger partial charge is 0.384 e. The van der Waals surface area contributed by atoms with E-state index in [1.807, 2.05) is 20.9 Å². The van der Waals surface area contributed by atoms with E-state index in [2.05, 4.69) is 28.9 Å². The molecule has 0 amide bonds. The molecule has 104 valence electrons. The molecule has 0 saturated heterocycles. The average Bonchev–Trinajstić information content (AvgIpc) is 2.41. The van der Waals surface area contributed by atoms with Gasteiger partial charge in [-0.05, 0) is 26.1 Å². The van der Waals surface area contributed by atoms with Crippen molar-refractivity contribution in [3.63, 3.8) is 0 Å². The molecule has 0 aromatic rings. The fourth-order valence-corrected chi connectivity index (χ4v) is 1.06. The van der Waals surface area contributed by atoms with Crippen molar-refractivity contribution in [1.82, 2.24) is 10.6 Å². The van der Waals surface area contributed by atoms with Crippen molar-refractivity contribution >= 4 is 5.71 Å². The number of likely N-dealkylation sites (N-methyl/N-ethyl adjacent to an activating group) is 1. The molecule has 0 aliphatic carbocycles. The molecular formula is C14H28N4. The van der Waals surface area contributed by atoms with E-state index in [-0.39, 0.29) is 0 Å². The first-order valence-corrected chi connectivity index (χ1v) is 6.36. The summed E-state index contributed by atoms with van der Waals surface area (Å²) in [6.07, 6.45) is 9.69. The molecule has 1 heterocycles. The molecule has 0 unspecified atom stereocenters. The van der Waals surface area contributed by atoms with E-state index in [1.165, 1.54) is 5.70 Å². The van der Waals surface area contributed by atoms with Crippen LogP contribution in [0.25, 0.3) is 0 Å². The number of hydrogen-bond acceptors (Lipinski definition) is 4. The molecule has 1 aliphatic rings. The predicted molar refractivity (Wildman–Crippen MR) is 82.1 cm³/mol. The lowest BCUT2D eigenvalue weighted by atomic mass is 10.3. The van der Waals surface area contributed by atoms with Gasteiger partial charge in [-0.15, -0.1) is 0 Å². The van der Waals surface area contributed by atoms with Crippen molar-refractivity contribution in [2.24, 2.45) is 5.73 Å². The first-order chi connectivity index (χ1) is 8.70. The van der Waals surface area contributed by atoms with Crippen molar-refractivity contribution in [2.75, 3.05) is 26.7 Å². The fraction of sp³-hybridized carbons (Fsp3) is 0.500. The summed E-state index contributed by atoms with van der Waals surface area (Å²) in [6.45, 7) is 8.14. The Bertz CT molecular complexity index is 278. The smallest absolute Gasteiger partial charge is 0.0351 e. The lowest BCUT2D eigenvalue weighted by Crippen LogP contribution is -2.24. The Labute approximate surface area is 112 Å². The van der Waals surface area contributed by atoms with E-state index in [0.717, 1.165) is 13.1 Å². The summed E-state index contributed by atoms with van der Waals surface area (Å²) in [5.41, 5.74) is 6.90. The van der Waals surface area contributed by atoms with Crippen molar-refractivity contribution < 1.29 is 0 Å². The lowest BCUT2D eigenvalue weighted by Gasteiger charge is -2.10. The van der Waals surface area contributed by atoms with E-state index in [4.69, 9.17) is 11.1 Å². The molecule has 0 spiro atoms. The average molecular weight is 252 g/mol. The molecule has 0 bridgehead atoms. The van der Waals surface area contributed by atoms with Crippen molar-refractivity contribution in [1.29, 1.82) is 5.41 Å². The zero-order valence-corrected chi connectivity index (χ0v) is 12.1. The second-order valence-corrected chi connectivity index (χ2v) is 3.35. The lowest BCUT2D eigenvalue weighted by molar-refractivity contribution is 0.776. The van der Waals surface area contributed by atoms with Gasteiger partial charge >= 0.3 is 0 Å². The van der Waals surface area contributed by atoms with Crippen molar-refractivity contribution in [2.45, 2.75) is 20.8 Å². The normalized spacial score (nSPS) is 12.6. The summed E-state index contributed by atoms with van der Waals surface area (Å²) < 4.78 is 0. The summed E-state index contributed by atoms with van der Waals surface area (Å²) in [6, 6.07) is 0. The van der Waals surface area contributed by atoms with Crippen LogP contribution in [0.3, 0.4) is 0 Å². The summed E-state index contributed by atoms with van der Waals surface area (Å²) in [7, 11) is 1.95. The van der Waals surface area contributed by atoms with Crippen LogP contribution in [0.5, 0.6) is 0 Å². The number of nitrogens with two attached hydrogens (primary N) is 1. The van der Waals surface area contributed by atoms with Crippen LogP contribution in [0.4, 0.5) is 0 Å². The molecule has 0 atom stereocenters. The van der Waals surface area contributed by atoms with Crippen LogP contribution in [0, 0.1) is 5.41 Å². The Kier molecular flexibility index (Phi) is 16.4. The van der Waals surface area contributed by atoms with Gasteiger partial charge in [-0.25, -0.2) is 0 Å². The van der Waals surface area contributed by atoms with Gasteiger partial charge in [0.05, 0.1) is 0 Å². The first kappa shape index (κ1) is 19.0. The number of rotatable bonds is 4. The van der Waals surface area contributed by atoms with Crippen LogP contribution < -0.4 is 16.4 Å². The quantitative estimate of drug-likeness (QED) is 0.577.